The van der Waals surface area contributed by atoms with Crippen LogP contribution >= 0.6 is 23.2 Å². The van der Waals surface area contributed by atoms with Crippen LogP contribution in [0.2, 0.25) is 10.0 Å². The van der Waals surface area contributed by atoms with Crippen molar-refractivity contribution < 1.29 is 19.1 Å². The first kappa shape index (κ1) is 26.2. The van der Waals surface area contributed by atoms with Gasteiger partial charge in [0.25, 0.3) is 11.8 Å². The van der Waals surface area contributed by atoms with Crippen molar-refractivity contribution >= 4 is 35.0 Å². The summed E-state index contributed by atoms with van der Waals surface area (Å²) in [5, 5.41) is 7.34. The van der Waals surface area contributed by atoms with Crippen LogP contribution < -0.4 is 20.1 Å². The Balaban J connectivity index is 1.53. The average molecular weight is 507 g/mol. The molecule has 6 nitrogen and oxygen atoms in total. The van der Waals surface area contributed by atoms with E-state index in [1.807, 2.05) is 52.0 Å². The maximum Gasteiger partial charge on any atom is 0.258 e. The zero-order valence-electron chi connectivity index (χ0n) is 20.1. The van der Waals surface area contributed by atoms with Crippen molar-refractivity contribution in [3.05, 3.63) is 56.6 Å². The molecule has 1 aliphatic rings. The highest BCUT2D eigenvalue weighted by Crippen LogP contribution is 2.28. The number of benzene rings is 2. The fraction of sp³-hybridized carbons (Fsp3) is 0.462. The van der Waals surface area contributed by atoms with Gasteiger partial charge >= 0.3 is 0 Å². The summed E-state index contributed by atoms with van der Waals surface area (Å²) >= 11 is 12.1. The molecular formula is C26H32Cl2N2O4. The summed E-state index contributed by atoms with van der Waals surface area (Å²) in [6, 6.07) is 6.93. The summed E-state index contributed by atoms with van der Waals surface area (Å²) in [5.74, 6) is 0.892. The molecule has 2 aromatic carbocycles. The van der Waals surface area contributed by atoms with Gasteiger partial charge in [0.1, 0.15) is 11.5 Å². The number of halogens is 2. The van der Waals surface area contributed by atoms with Gasteiger partial charge in [-0.15, -0.1) is 0 Å². The summed E-state index contributed by atoms with van der Waals surface area (Å²) in [5.41, 5.74) is 3.53. The van der Waals surface area contributed by atoms with E-state index in [9.17, 15) is 9.59 Å². The average Bonchev–Trinajstić information content (AvgIpc) is 2.73. The van der Waals surface area contributed by atoms with E-state index in [0.29, 0.717) is 21.5 Å². The highest BCUT2D eigenvalue weighted by atomic mass is 35.5. The molecule has 0 aromatic heterocycles. The van der Waals surface area contributed by atoms with Gasteiger partial charge in [0.05, 0.1) is 0 Å². The van der Waals surface area contributed by atoms with Crippen molar-refractivity contribution in [1.29, 1.82) is 0 Å². The van der Waals surface area contributed by atoms with E-state index in [4.69, 9.17) is 32.7 Å². The van der Waals surface area contributed by atoms with Crippen LogP contribution in [0.4, 0.5) is 0 Å². The van der Waals surface area contributed by atoms with Gasteiger partial charge in [0.15, 0.2) is 13.2 Å². The van der Waals surface area contributed by atoms with Gasteiger partial charge in [-0.1, -0.05) is 36.0 Å². The Morgan fingerprint density at radius 1 is 0.735 bits per heavy atom. The predicted molar refractivity (Wildman–Crippen MR) is 135 cm³/mol. The Morgan fingerprint density at radius 3 is 1.38 bits per heavy atom. The van der Waals surface area contributed by atoms with E-state index in [0.717, 1.165) is 47.9 Å². The van der Waals surface area contributed by atoms with Gasteiger partial charge < -0.3 is 20.1 Å². The van der Waals surface area contributed by atoms with Crippen molar-refractivity contribution in [3.8, 4) is 11.5 Å². The van der Waals surface area contributed by atoms with Crippen LogP contribution in [0.3, 0.4) is 0 Å². The van der Waals surface area contributed by atoms with Crippen LogP contribution in [0.15, 0.2) is 24.3 Å². The Morgan fingerprint density at radius 2 is 1.06 bits per heavy atom. The number of carbonyl (C=O) groups excluding carboxylic acids is 2. The molecule has 2 atom stereocenters. The Kier molecular flexibility index (Phi) is 9.09. The second-order valence-corrected chi connectivity index (χ2v) is 9.82. The topological polar surface area (TPSA) is 76.7 Å². The molecule has 2 unspecified atom stereocenters. The number of hydrogen-bond acceptors (Lipinski definition) is 4. The van der Waals surface area contributed by atoms with Gasteiger partial charge in [-0.2, -0.15) is 0 Å². The van der Waals surface area contributed by atoms with Crippen molar-refractivity contribution in [3.63, 3.8) is 0 Å². The van der Waals surface area contributed by atoms with Crippen molar-refractivity contribution in [2.75, 3.05) is 13.2 Å². The summed E-state index contributed by atoms with van der Waals surface area (Å²) in [7, 11) is 0. The van der Waals surface area contributed by atoms with E-state index in [-0.39, 0.29) is 37.1 Å². The van der Waals surface area contributed by atoms with Crippen LogP contribution in [0.1, 0.15) is 47.9 Å². The minimum atomic E-state index is -0.219. The maximum atomic E-state index is 12.6. The molecule has 2 amide bonds. The van der Waals surface area contributed by atoms with Crippen LogP contribution in [-0.2, 0) is 9.59 Å². The molecule has 2 N–H and O–H groups in total. The molecule has 1 aliphatic carbocycles. The third-order valence-electron chi connectivity index (χ3n) is 6.00. The molecular weight excluding hydrogens is 475 g/mol. The second-order valence-electron chi connectivity index (χ2n) is 8.95. The molecule has 0 heterocycles. The molecule has 1 saturated carbocycles. The molecule has 2 aromatic rings. The lowest BCUT2D eigenvalue weighted by atomic mass is 9.90. The van der Waals surface area contributed by atoms with Crippen molar-refractivity contribution in [2.45, 2.75) is 65.5 Å². The molecule has 3 rings (SSSR count). The Hall–Kier alpha value is -2.44. The molecule has 0 saturated heterocycles. The molecule has 8 heteroatoms. The molecule has 0 aliphatic heterocycles. The zero-order valence-corrected chi connectivity index (χ0v) is 21.6. The quantitative estimate of drug-likeness (QED) is 0.513. The van der Waals surface area contributed by atoms with Gasteiger partial charge in [0, 0.05) is 22.1 Å². The number of amides is 2. The SMILES string of the molecule is Cc1cc(Cl)cc(C)c1OCC(=O)NC1CCCCC1NC(=O)COc1c(C)cc(Cl)cc1C. The summed E-state index contributed by atoms with van der Waals surface area (Å²) in [4.78, 5) is 25.2. The highest BCUT2D eigenvalue weighted by Gasteiger charge is 2.28. The number of carbonyl (C=O) groups is 2. The zero-order chi connectivity index (χ0) is 24.8. The smallest absolute Gasteiger partial charge is 0.258 e. The molecule has 1 fully saturated rings. The molecule has 184 valence electrons. The standard InChI is InChI=1S/C26H32Cl2N2O4/c1-15-9-19(27)10-16(2)25(15)33-13-23(31)29-21-7-5-6-8-22(21)30-24(32)14-34-26-17(3)11-20(28)12-18(26)4/h9-12,21-22H,5-8,13-14H2,1-4H3,(H,29,31)(H,30,32). The molecule has 0 bridgehead atoms. The first-order valence-electron chi connectivity index (χ1n) is 11.5. The summed E-state index contributed by atoms with van der Waals surface area (Å²) in [6.45, 7) is 7.39. The van der Waals surface area contributed by atoms with E-state index in [1.54, 1.807) is 0 Å². The number of rotatable bonds is 8. The highest BCUT2D eigenvalue weighted by molar-refractivity contribution is 6.31. The third kappa shape index (κ3) is 7.03. The first-order chi connectivity index (χ1) is 16.1. The molecule has 0 spiro atoms. The van der Waals surface area contributed by atoms with E-state index >= 15 is 0 Å². The maximum absolute atomic E-state index is 12.6. The van der Waals surface area contributed by atoms with Crippen LogP contribution in [0, 0.1) is 27.7 Å². The van der Waals surface area contributed by atoms with Crippen LogP contribution in [0.5, 0.6) is 11.5 Å². The van der Waals surface area contributed by atoms with Gasteiger partial charge in [-0.25, -0.2) is 0 Å². The minimum Gasteiger partial charge on any atom is -0.483 e. The molecule has 0 radical (unpaired) electrons. The number of hydrogen-bond donors (Lipinski definition) is 2. The number of aryl methyl sites for hydroxylation is 4. The van der Waals surface area contributed by atoms with Crippen LogP contribution in [-0.4, -0.2) is 37.1 Å². The van der Waals surface area contributed by atoms with E-state index < -0.39 is 0 Å². The molecule has 34 heavy (non-hydrogen) atoms. The largest absolute Gasteiger partial charge is 0.483 e. The van der Waals surface area contributed by atoms with Gasteiger partial charge in [-0.05, 0) is 87.1 Å². The predicted octanol–water partition coefficient (Wildman–Crippen LogP) is 5.23. The van der Waals surface area contributed by atoms with Crippen molar-refractivity contribution in [2.24, 2.45) is 0 Å². The fourth-order valence-electron chi connectivity index (χ4n) is 4.50. The third-order valence-corrected chi connectivity index (χ3v) is 6.44. The number of nitrogens with one attached hydrogen (secondary N) is 2. The van der Waals surface area contributed by atoms with Gasteiger partial charge in [-0.3, -0.25) is 9.59 Å². The lowest BCUT2D eigenvalue weighted by Crippen LogP contribution is -2.54. The Labute approximate surface area is 211 Å². The minimum absolute atomic E-state index is 0.0985. The van der Waals surface area contributed by atoms with Crippen LogP contribution in [0.25, 0.3) is 0 Å². The summed E-state index contributed by atoms with van der Waals surface area (Å²) in [6.07, 6.45) is 3.58. The van der Waals surface area contributed by atoms with E-state index in [1.165, 1.54) is 0 Å². The number of ether oxygens (including phenoxy) is 2. The van der Waals surface area contributed by atoms with E-state index in [2.05, 4.69) is 10.6 Å². The lowest BCUT2D eigenvalue weighted by Gasteiger charge is -2.32. The first-order valence-corrected chi connectivity index (χ1v) is 12.3. The van der Waals surface area contributed by atoms with Gasteiger partial charge in [0.2, 0.25) is 0 Å². The summed E-state index contributed by atoms with van der Waals surface area (Å²) < 4.78 is 11.5. The van der Waals surface area contributed by atoms with Crippen molar-refractivity contribution in [1.82, 2.24) is 10.6 Å². The lowest BCUT2D eigenvalue weighted by molar-refractivity contribution is -0.127. The normalized spacial score (nSPS) is 17.7. The monoisotopic (exact) mass is 506 g/mol. The second kappa shape index (κ2) is 11.8. The Bertz CT molecular complexity index is 928. The fourth-order valence-corrected chi connectivity index (χ4v) is 5.15.